The first-order valence-electron chi connectivity index (χ1n) is 3.38. The maximum atomic E-state index is 3.25. The molecular formula is C8H5NS2. The van der Waals surface area contributed by atoms with Crippen LogP contribution in [-0.2, 0) is 0 Å². The predicted molar refractivity (Wildman–Crippen MR) is 51.6 cm³/mol. The van der Waals surface area contributed by atoms with Crippen molar-refractivity contribution in [2.24, 2.45) is 0 Å². The van der Waals surface area contributed by atoms with E-state index in [1.807, 2.05) is 28.9 Å². The lowest BCUT2D eigenvalue weighted by Crippen LogP contribution is -1.53. The molecule has 0 saturated heterocycles. The number of rotatable bonds is 0. The molecule has 3 aromatic rings. The summed E-state index contributed by atoms with van der Waals surface area (Å²) in [5, 5.41) is 2.14. The van der Waals surface area contributed by atoms with Crippen molar-refractivity contribution in [3.8, 4) is 0 Å². The van der Waals surface area contributed by atoms with Crippen LogP contribution >= 0.6 is 22.7 Å². The van der Waals surface area contributed by atoms with Gasteiger partial charge in [0.1, 0.15) is 0 Å². The van der Waals surface area contributed by atoms with Crippen LogP contribution in [0.4, 0.5) is 0 Å². The smallest absolute Gasteiger partial charge is 0.0745 e. The molecule has 0 saturated carbocycles. The van der Waals surface area contributed by atoms with E-state index in [9.17, 15) is 0 Å². The number of fused-ring (bicyclic) bond motifs is 3. The number of hydrogen-bond donors (Lipinski definition) is 1. The van der Waals surface area contributed by atoms with Gasteiger partial charge in [-0.25, -0.2) is 0 Å². The Morgan fingerprint density at radius 3 is 3.18 bits per heavy atom. The fourth-order valence-corrected chi connectivity index (χ4v) is 3.49. The molecule has 0 aliphatic carbocycles. The molecule has 1 N–H and O–H groups in total. The molecule has 0 unspecified atom stereocenters. The van der Waals surface area contributed by atoms with Gasteiger partial charge >= 0.3 is 0 Å². The molecule has 0 atom stereocenters. The van der Waals surface area contributed by atoms with E-state index in [-0.39, 0.29) is 0 Å². The summed E-state index contributed by atoms with van der Waals surface area (Å²) in [6.07, 6.45) is 2.00. The fourth-order valence-electron chi connectivity index (χ4n) is 1.30. The second-order valence-electron chi connectivity index (χ2n) is 2.43. The van der Waals surface area contributed by atoms with E-state index in [0.29, 0.717) is 0 Å². The summed E-state index contributed by atoms with van der Waals surface area (Å²) in [6.45, 7) is 0. The first-order valence-corrected chi connectivity index (χ1v) is 5.08. The Kier molecular flexibility index (Phi) is 0.985. The van der Waals surface area contributed by atoms with Gasteiger partial charge in [-0.2, -0.15) is 0 Å². The van der Waals surface area contributed by atoms with E-state index >= 15 is 0 Å². The molecule has 3 heteroatoms. The van der Waals surface area contributed by atoms with Crippen LogP contribution in [0.3, 0.4) is 0 Å². The minimum absolute atomic E-state index is 1.31. The molecule has 1 nitrogen and oxygen atoms in total. The highest BCUT2D eigenvalue weighted by Gasteiger charge is 2.04. The minimum Gasteiger partial charge on any atom is -0.359 e. The normalized spacial score (nSPS) is 11.6. The lowest BCUT2D eigenvalue weighted by Gasteiger charge is -1.74. The van der Waals surface area contributed by atoms with Gasteiger partial charge in [0.05, 0.1) is 14.9 Å². The number of aromatic nitrogens is 1. The first-order chi connectivity index (χ1) is 5.45. The minimum atomic E-state index is 1.31. The van der Waals surface area contributed by atoms with Crippen LogP contribution in [0.5, 0.6) is 0 Å². The molecule has 3 rings (SSSR count). The van der Waals surface area contributed by atoms with Gasteiger partial charge in [0, 0.05) is 10.9 Å². The summed E-state index contributed by atoms with van der Waals surface area (Å²) in [4.78, 5) is 3.25. The van der Waals surface area contributed by atoms with Crippen LogP contribution in [0, 0.1) is 0 Å². The second kappa shape index (κ2) is 1.87. The Morgan fingerprint density at radius 1 is 1.18 bits per heavy atom. The van der Waals surface area contributed by atoms with E-state index in [2.05, 4.69) is 22.5 Å². The van der Waals surface area contributed by atoms with Crippen molar-refractivity contribution in [1.82, 2.24) is 4.98 Å². The lowest BCUT2D eigenvalue weighted by atomic mass is 10.4. The average Bonchev–Trinajstić information content (AvgIpc) is 2.52. The summed E-state index contributed by atoms with van der Waals surface area (Å²) in [5.74, 6) is 0. The van der Waals surface area contributed by atoms with E-state index in [0.717, 1.165) is 0 Å². The fraction of sp³-hybridized carbons (Fsp3) is 0. The Hall–Kier alpha value is -0.800. The summed E-state index contributed by atoms with van der Waals surface area (Å²) < 4.78 is 4.17. The molecule has 3 aromatic heterocycles. The van der Waals surface area contributed by atoms with Gasteiger partial charge in [-0.15, -0.1) is 22.7 Å². The molecule has 0 bridgehead atoms. The van der Waals surface area contributed by atoms with Crippen molar-refractivity contribution < 1.29 is 0 Å². The molecule has 0 radical (unpaired) electrons. The number of hydrogen-bond acceptors (Lipinski definition) is 2. The predicted octanol–water partition coefficient (Wildman–Crippen LogP) is 3.44. The van der Waals surface area contributed by atoms with Crippen molar-refractivity contribution in [2.45, 2.75) is 0 Å². The quantitative estimate of drug-likeness (QED) is 0.544. The monoisotopic (exact) mass is 179 g/mol. The van der Waals surface area contributed by atoms with Crippen LogP contribution in [-0.4, -0.2) is 4.98 Å². The van der Waals surface area contributed by atoms with Gasteiger partial charge < -0.3 is 4.98 Å². The van der Waals surface area contributed by atoms with Crippen LogP contribution in [0.25, 0.3) is 19.6 Å². The highest BCUT2D eigenvalue weighted by molar-refractivity contribution is 7.32. The van der Waals surface area contributed by atoms with Crippen LogP contribution in [0.15, 0.2) is 23.7 Å². The van der Waals surface area contributed by atoms with E-state index < -0.39 is 0 Å². The average molecular weight is 179 g/mol. The van der Waals surface area contributed by atoms with Crippen molar-refractivity contribution in [2.75, 3.05) is 0 Å². The van der Waals surface area contributed by atoms with Crippen LogP contribution < -0.4 is 0 Å². The SMILES string of the molecule is c1cc2sc3ccsc3c2[nH]1. The zero-order chi connectivity index (χ0) is 7.26. The Bertz CT molecular complexity index is 455. The van der Waals surface area contributed by atoms with Crippen molar-refractivity contribution in [3.05, 3.63) is 23.7 Å². The number of aromatic amines is 1. The standard InChI is InChI=1S/C8H5NS2/c1-3-9-7-5(1)11-6-2-4-10-8(6)7/h1-4,9H. The van der Waals surface area contributed by atoms with Gasteiger partial charge in [0.25, 0.3) is 0 Å². The zero-order valence-corrected chi connectivity index (χ0v) is 7.26. The highest BCUT2D eigenvalue weighted by Crippen LogP contribution is 2.36. The molecule has 0 aliphatic rings. The zero-order valence-electron chi connectivity index (χ0n) is 5.63. The van der Waals surface area contributed by atoms with Crippen molar-refractivity contribution >= 4 is 42.3 Å². The molecule has 0 fully saturated rings. The molecule has 0 spiro atoms. The molecule has 11 heavy (non-hydrogen) atoms. The van der Waals surface area contributed by atoms with Gasteiger partial charge in [-0.3, -0.25) is 0 Å². The van der Waals surface area contributed by atoms with E-state index in [1.165, 1.54) is 19.6 Å². The van der Waals surface area contributed by atoms with Gasteiger partial charge in [0.15, 0.2) is 0 Å². The summed E-state index contributed by atoms with van der Waals surface area (Å²) in [5.41, 5.74) is 1.31. The van der Waals surface area contributed by atoms with Crippen LogP contribution in [0.2, 0.25) is 0 Å². The summed E-state index contributed by atoms with van der Waals surface area (Å²) in [7, 11) is 0. The Labute approximate surface area is 71.3 Å². The topological polar surface area (TPSA) is 15.8 Å². The lowest BCUT2D eigenvalue weighted by molar-refractivity contribution is 1.50. The van der Waals surface area contributed by atoms with Gasteiger partial charge in [-0.1, -0.05) is 0 Å². The molecule has 0 amide bonds. The largest absolute Gasteiger partial charge is 0.359 e. The highest BCUT2D eigenvalue weighted by atomic mass is 32.1. The van der Waals surface area contributed by atoms with E-state index in [4.69, 9.17) is 0 Å². The molecule has 0 aliphatic heterocycles. The third kappa shape index (κ3) is 0.645. The van der Waals surface area contributed by atoms with Gasteiger partial charge in [0.2, 0.25) is 0 Å². The van der Waals surface area contributed by atoms with E-state index in [1.54, 1.807) is 0 Å². The van der Waals surface area contributed by atoms with Crippen molar-refractivity contribution in [1.29, 1.82) is 0 Å². The van der Waals surface area contributed by atoms with Crippen LogP contribution in [0.1, 0.15) is 0 Å². The Balaban J connectivity index is 2.75. The number of H-pyrrole nitrogens is 1. The van der Waals surface area contributed by atoms with Gasteiger partial charge in [-0.05, 0) is 17.5 Å². The maximum absolute atomic E-state index is 3.25. The third-order valence-electron chi connectivity index (χ3n) is 1.78. The number of thiophene rings is 2. The van der Waals surface area contributed by atoms with Crippen molar-refractivity contribution in [3.63, 3.8) is 0 Å². The molecular weight excluding hydrogens is 174 g/mol. The summed E-state index contributed by atoms with van der Waals surface area (Å²) >= 11 is 3.66. The molecule has 54 valence electrons. The molecule has 3 heterocycles. The molecule has 0 aromatic carbocycles. The third-order valence-corrected chi connectivity index (χ3v) is 3.97. The Morgan fingerprint density at radius 2 is 2.18 bits per heavy atom. The first kappa shape index (κ1) is 5.80. The summed E-state index contributed by atoms with van der Waals surface area (Å²) in [6, 6.07) is 4.31. The number of nitrogens with one attached hydrogen (secondary N) is 1. The second-order valence-corrected chi connectivity index (χ2v) is 4.43. The maximum Gasteiger partial charge on any atom is 0.0745 e.